The fourth-order valence-corrected chi connectivity index (χ4v) is 3.17. The summed E-state index contributed by atoms with van der Waals surface area (Å²) in [4.78, 5) is 2.41. The minimum Gasteiger partial charge on any atom is -0.306 e. The van der Waals surface area contributed by atoms with Crippen LogP contribution >= 0.6 is 0 Å². The molecule has 5 heteroatoms. The smallest absolute Gasteiger partial charge is 0.306 e. The highest BCUT2D eigenvalue weighted by Gasteiger charge is 2.37. The summed E-state index contributed by atoms with van der Waals surface area (Å²) in [6, 6.07) is 9.19. The van der Waals surface area contributed by atoms with Crippen molar-refractivity contribution >= 4 is 0 Å². The molecular formula is C16H21F3N2. The first-order valence-electron chi connectivity index (χ1n) is 7.63. The molecule has 1 heterocycles. The second kappa shape index (κ2) is 5.97. The SMILES string of the molecule is FC(F)(F)CC(NC1CCN(C2CC2)C1)c1ccccc1. The van der Waals surface area contributed by atoms with E-state index in [2.05, 4.69) is 10.2 Å². The molecule has 1 aromatic carbocycles. The molecule has 0 spiro atoms. The van der Waals surface area contributed by atoms with Gasteiger partial charge >= 0.3 is 6.18 Å². The van der Waals surface area contributed by atoms with Crippen molar-refractivity contribution in [1.29, 1.82) is 0 Å². The molecule has 116 valence electrons. The van der Waals surface area contributed by atoms with Crippen molar-refractivity contribution in [3.05, 3.63) is 35.9 Å². The van der Waals surface area contributed by atoms with Crippen LogP contribution in [0.25, 0.3) is 0 Å². The lowest BCUT2D eigenvalue weighted by Gasteiger charge is -2.25. The zero-order valence-corrected chi connectivity index (χ0v) is 11.9. The largest absolute Gasteiger partial charge is 0.390 e. The van der Waals surface area contributed by atoms with E-state index in [1.807, 2.05) is 6.07 Å². The normalized spacial score (nSPS) is 25.2. The molecule has 2 fully saturated rings. The first kappa shape index (κ1) is 14.9. The Morgan fingerprint density at radius 1 is 1.14 bits per heavy atom. The average molecular weight is 298 g/mol. The van der Waals surface area contributed by atoms with Gasteiger partial charge in [-0.2, -0.15) is 13.2 Å². The fourth-order valence-electron chi connectivity index (χ4n) is 3.17. The number of alkyl halides is 3. The summed E-state index contributed by atoms with van der Waals surface area (Å²) in [5, 5.41) is 3.24. The lowest BCUT2D eigenvalue weighted by Crippen LogP contribution is -2.37. The summed E-state index contributed by atoms with van der Waals surface area (Å²) in [7, 11) is 0. The first-order valence-corrected chi connectivity index (χ1v) is 7.63. The van der Waals surface area contributed by atoms with E-state index >= 15 is 0 Å². The predicted octanol–water partition coefficient (Wildman–Crippen LogP) is 3.51. The maximum absolute atomic E-state index is 12.8. The molecule has 1 saturated heterocycles. The van der Waals surface area contributed by atoms with E-state index in [0.717, 1.165) is 25.1 Å². The quantitative estimate of drug-likeness (QED) is 0.895. The van der Waals surface area contributed by atoms with Crippen LogP contribution in [-0.2, 0) is 0 Å². The molecule has 1 saturated carbocycles. The van der Waals surface area contributed by atoms with E-state index in [1.165, 1.54) is 12.8 Å². The van der Waals surface area contributed by atoms with Crippen LogP contribution in [0, 0.1) is 0 Å². The summed E-state index contributed by atoms with van der Waals surface area (Å²) in [6.45, 7) is 1.89. The van der Waals surface area contributed by atoms with E-state index in [1.54, 1.807) is 24.3 Å². The fraction of sp³-hybridized carbons (Fsp3) is 0.625. The summed E-state index contributed by atoms with van der Waals surface area (Å²) >= 11 is 0. The molecule has 1 N–H and O–H groups in total. The van der Waals surface area contributed by atoms with Crippen LogP contribution < -0.4 is 5.32 Å². The van der Waals surface area contributed by atoms with Crippen LogP contribution in [0.2, 0.25) is 0 Å². The molecule has 21 heavy (non-hydrogen) atoms. The molecule has 0 radical (unpaired) electrons. The van der Waals surface area contributed by atoms with Crippen molar-refractivity contribution < 1.29 is 13.2 Å². The maximum Gasteiger partial charge on any atom is 0.390 e. The van der Waals surface area contributed by atoms with Gasteiger partial charge in [0.15, 0.2) is 0 Å². The lowest BCUT2D eigenvalue weighted by molar-refractivity contribution is -0.140. The number of rotatable bonds is 5. The summed E-state index contributed by atoms with van der Waals surface area (Å²) < 4.78 is 38.5. The van der Waals surface area contributed by atoms with Gasteiger partial charge in [0.25, 0.3) is 0 Å². The van der Waals surface area contributed by atoms with E-state index in [4.69, 9.17) is 0 Å². The molecule has 0 amide bonds. The molecule has 1 aromatic rings. The van der Waals surface area contributed by atoms with Crippen LogP contribution in [0.5, 0.6) is 0 Å². The van der Waals surface area contributed by atoms with E-state index < -0.39 is 18.6 Å². The van der Waals surface area contributed by atoms with Gasteiger partial charge in [-0.3, -0.25) is 4.90 Å². The Morgan fingerprint density at radius 2 is 1.86 bits per heavy atom. The first-order chi connectivity index (χ1) is 10.0. The Labute approximate surface area is 123 Å². The average Bonchev–Trinajstić information content (AvgIpc) is 3.18. The molecule has 1 aliphatic carbocycles. The Balaban J connectivity index is 1.64. The molecule has 2 atom stereocenters. The minimum atomic E-state index is -4.15. The minimum absolute atomic E-state index is 0.165. The third-order valence-electron chi connectivity index (χ3n) is 4.36. The van der Waals surface area contributed by atoms with E-state index in [9.17, 15) is 13.2 Å². The van der Waals surface area contributed by atoms with Gasteiger partial charge in [0.2, 0.25) is 0 Å². The molecule has 2 aliphatic rings. The second-order valence-electron chi connectivity index (χ2n) is 6.16. The van der Waals surface area contributed by atoms with Crippen molar-refractivity contribution in [2.75, 3.05) is 13.1 Å². The van der Waals surface area contributed by atoms with Gasteiger partial charge in [0.1, 0.15) is 0 Å². The summed E-state index contributed by atoms with van der Waals surface area (Å²) in [5.74, 6) is 0. The number of halogens is 3. The molecule has 2 nitrogen and oxygen atoms in total. The van der Waals surface area contributed by atoms with Crippen molar-refractivity contribution in [2.24, 2.45) is 0 Å². The van der Waals surface area contributed by atoms with Crippen LogP contribution in [0.1, 0.15) is 37.3 Å². The standard InChI is InChI=1S/C16H21F3N2/c17-16(18,19)10-15(12-4-2-1-3-5-12)20-13-8-9-21(11-13)14-6-7-14/h1-5,13-15,20H,6-11H2. The number of nitrogens with one attached hydrogen (secondary N) is 1. The zero-order chi connectivity index (χ0) is 14.9. The van der Waals surface area contributed by atoms with Gasteiger partial charge in [-0.05, 0) is 24.8 Å². The van der Waals surface area contributed by atoms with Crippen LogP contribution in [-0.4, -0.2) is 36.2 Å². The van der Waals surface area contributed by atoms with E-state index in [-0.39, 0.29) is 6.04 Å². The van der Waals surface area contributed by atoms with Gasteiger partial charge in [0, 0.05) is 31.2 Å². The third kappa shape index (κ3) is 4.20. The summed E-state index contributed by atoms with van der Waals surface area (Å²) in [5.41, 5.74) is 0.722. The topological polar surface area (TPSA) is 15.3 Å². The van der Waals surface area contributed by atoms with Crippen molar-refractivity contribution in [3.63, 3.8) is 0 Å². The Kier molecular flexibility index (Phi) is 4.22. The number of likely N-dealkylation sites (tertiary alicyclic amines) is 1. The maximum atomic E-state index is 12.8. The van der Waals surface area contributed by atoms with Crippen LogP contribution in [0.3, 0.4) is 0 Å². The highest BCUT2D eigenvalue weighted by Crippen LogP contribution is 2.33. The molecule has 1 aliphatic heterocycles. The molecule has 3 rings (SSSR count). The number of benzene rings is 1. The van der Waals surface area contributed by atoms with Gasteiger partial charge in [-0.15, -0.1) is 0 Å². The van der Waals surface area contributed by atoms with E-state index in [0.29, 0.717) is 6.04 Å². The van der Waals surface area contributed by atoms with Crippen molar-refractivity contribution in [1.82, 2.24) is 10.2 Å². The Morgan fingerprint density at radius 3 is 2.48 bits per heavy atom. The molecule has 2 unspecified atom stereocenters. The Hall–Kier alpha value is -1.07. The van der Waals surface area contributed by atoms with Gasteiger partial charge < -0.3 is 5.32 Å². The second-order valence-corrected chi connectivity index (χ2v) is 6.16. The van der Waals surface area contributed by atoms with Crippen molar-refractivity contribution in [2.45, 2.75) is 50.0 Å². The number of hydrogen-bond donors (Lipinski definition) is 1. The predicted molar refractivity (Wildman–Crippen MR) is 76.0 cm³/mol. The number of hydrogen-bond acceptors (Lipinski definition) is 2. The molecule has 0 bridgehead atoms. The monoisotopic (exact) mass is 298 g/mol. The van der Waals surface area contributed by atoms with Gasteiger partial charge in [0.05, 0.1) is 6.42 Å². The third-order valence-corrected chi connectivity index (χ3v) is 4.36. The highest BCUT2D eigenvalue weighted by molar-refractivity contribution is 5.19. The van der Waals surface area contributed by atoms with Crippen LogP contribution in [0.15, 0.2) is 30.3 Å². The number of nitrogens with zero attached hydrogens (tertiary/aromatic N) is 1. The van der Waals surface area contributed by atoms with Crippen LogP contribution in [0.4, 0.5) is 13.2 Å². The molecular weight excluding hydrogens is 277 g/mol. The highest BCUT2D eigenvalue weighted by atomic mass is 19.4. The lowest BCUT2D eigenvalue weighted by atomic mass is 10.0. The molecule has 0 aromatic heterocycles. The van der Waals surface area contributed by atoms with Gasteiger partial charge in [-0.25, -0.2) is 0 Å². The van der Waals surface area contributed by atoms with Crippen molar-refractivity contribution in [3.8, 4) is 0 Å². The Bertz CT molecular complexity index is 456. The van der Waals surface area contributed by atoms with Gasteiger partial charge in [-0.1, -0.05) is 30.3 Å². The zero-order valence-electron chi connectivity index (χ0n) is 11.9. The summed E-state index contributed by atoms with van der Waals surface area (Å²) in [6.07, 6.45) is -1.52.